The summed E-state index contributed by atoms with van der Waals surface area (Å²) < 4.78 is 7.80. The molecule has 302 valence electrons. The maximum Gasteiger partial charge on any atom is 0.261 e. The smallest absolute Gasteiger partial charge is 0.261 e. The summed E-state index contributed by atoms with van der Waals surface area (Å²) in [5, 5.41) is 12.4. The van der Waals surface area contributed by atoms with Crippen molar-refractivity contribution in [3.8, 4) is 23.7 Å². The second kappa shape index (κ2) is 14.5. The Morgan fingerprint density at radius 3 is 2.42 bits per heavy atom. The van der Waals surface area contributed by atoms with E-state index in [1.165, 1.54) is 10.9 Å². The van der Waals surface area contributed by atoms with Gasteiger partial charge in [0.15, 0.2) is 0 Å². The third-order valence-electron chi connectivity index (χ3n) is 13.2. The van der Waals surface area contributed by atoms with Crippen molar-refractivity contribution >= 4 is 45.9 Å². The fourth-order valence-electron chi connectivity index (χ4n) is 10.5. The number of benzene rings is 2. The topological polar surface area (TPSA) is 154 Å². The molecule has 2 aromatic heterocycles. The van der Waals surface area contributed by atoms with E-state index in [4.69, 9.17) is 21.3 Å². The van der Waals surface area contributed by atoms with Crippen molar-refractivity contribution < 1.29 is 19.1 Å². The van der Waals surface area contributed by atoms with Crippen LogP contribution in [0.25, 0.3) is 10.9 Å². The van der Waals surface area contributed by atoms with Gasteiger partial charge in [0.2, 0.25) is 11.8 Å². The van der Waals surface area contributed by atoms with Crippen molar-refractivity contribution in [1.29, 1.82) is 5.26 Å². The van der Waals surface area contributed by atoms with Crippen LogP contribution in [0.2, 0.25) is 5.02 Å². The molecule has 2 aromatic carbocycles. The fourth-order valence-corrected chi connectivity index (χ4v) is 10.7. The number of pyridine rings is 1. The molecule has 1 unspecified atom stereocenters. The molecule has 3 amide bonds. The number of nitriles is 1. The van der Waals surface area contributed by atoms with Gasteiger partial charge in [-0.15, -0.1) is 0 Å². The van der Waals surface area contributed by atoms with E-state index < -0.39 is 11.9 Å². The van der Waals surface area contributed by atoms with Gasteiger partial charge in [-0.05, 0) is 67.6 Å². The molecule has 4 aromatic rings. The minimum atomic E-state index is -0.740. The number of aromatic nitrogens is 3. The highest BCUT2D eigenvalue weighted by Crippen LogP contribution is 2.59. The molecular formula is C45H45ClN8O5. The van der Waals surface area contributed by atoms with Crippen LogP contribution in [0.15, 0.2) is 59.7 Å². The maximum atomic E-state index is 13.8. The monoisotopic (exact) mass is 812 g/mol. The van der Waals surface area contributed by atoms with Gasteiger partial charge >= 0.3 is 0 Å². The van der Waals surface area contributed by atoms with Gasteiger partial charge in [-0.25, -0.2) is 9.97 Å². The summed E-state index contributed by atoms with van der Waals surface area (Å²) in [5.41, 5.74) is 3.05. The molecule has 4 fully saturated rings. The molecule has 2 saturated heterocycles. The number of piperidine rings is 1. The third kappa shape index (κ3) is 6.70. The number of ether oxygens (including phenoxy) is 1. The summed E-state index contributed by atoms with van der Waals surface area (Å²) in [6, 6.07) is 16.2. The van der Waals surface area contributed by atoms with Gasteiger partial charge in [-0.1, -0.05) is 45.2 Å². The largest absolute Gasteiger partial charge is 0.489 e. The number of piperazine rings is 1. The van der Waals surface area contributed by atoms with Crippen LogP contribution in [0.5, 0.6) is 5.75 Å². The quantitative estimate of drug-likeness (QED) is 0.206. The Balaban J connectivity index is 0.779. The number of nitrogens with one attached hydrogen (secondary N) is 1. The Morgan fingerprint density at radius 2 is 1.71 bits per heavy atom. The van der Waals surface area contributed by atoms with Crippen LogP contribution in [-0.4, -0.2) is 86.4 Å². The van der Waals surface area contributed by atoms with Crippen LogP contribution < -0.4 is 20.5 Å². The molecule has 0 radical (unpaired) electrons. The standard InChI is InChI=1S/C45H45ClN8O5/c1-44(2)42(45(3,4)43(44)59-31-10-6-27(23-47)34(46)22-31)53-24-36-33(40(53)57)11-8-28(49-36)7-5-26-19-30(20-26)52-17-15-51(16-18-52)29-9-12-32-35(21-29)48-25-54(41(32)58)37-13-14-38(55)50-39(37)56/h6,8-12,21-22,25-26,30,37,42-43H,13-20,24H2,1-4H3,(H,50,55,56)/t26-,30-,37?,42-,43-. The van der Waals surface area contributed by atoms with E-state index in [2.05, 4.69) is 65.7 Å². The van der Waals surface area contributed by atoms with Crippen molar-refractivity contribution in [1.82, 2.24) is 29.7 Å². The Labute approximate surface area is 347 Å². The first-order chi connectivity index (χ1) is 28.2. The summed E-state index contributed by atoms with van der Waals surface area (Å²) in [6.45, 7) is 12.5. The number of imide groups is 1. The van der Waals surface area contributed by atoms with Crippen LogP contribution in [-0.2, 0) is 16.1 Å². The summed E-state index contributed by atoms with van der Waals surface area (Å²) in [6.07, 6.45) is 3.71. The van der Waals surface area contributed by atoms with Gasteiger partial charge in [0.25, 0.3) is 11.5 Å². The average molecular weight is 813 g/mol. The average Bonchev–Trinajstić information content (AvgIpc) is 3.50. The van der Waals surface area contributed by atoms with Gasteiger partial charge in [0.05, 0.1) is 45.6 Å². The highest BCUT2D eigenvalue weighted by atomic mass is 35.5. The van der Waals surface area contributed by atoms with Crippen molar-refractivity contribution in [3.05, 3.63) is 92.7 Å². The summed E-state index contributed by atoms with van der Waals surface area (Å²) >= 11 is 6.29. The van der Waals surface area contributed by atoms with E-state index in [9.17, 15) is 24.4 Å². The minimum absolute atomic E-state index is 0.0199. The predicted molar refractivity (Wildman–Crippen MR) is 221 cm³/mol. The lowest BCUT2D eigenvalue weighted by molar-refractivity contribution is -0.199. The molecule has 14 heteroatoms. The number of carbonyl (C=O) groups excluding carboxylic acids is 3. The Kier molecular flexibility index (Phi) is 9.52. The number of amides is 3. The number of anilines is 1. The normalized spacial score (nSPS) is 25.9. The van der Waals surface area contributed by atoms with Crippen LogP contribution in [0, 0.1) is 39.9 Å². The number of halogens is 1. The molecule has 59 heavy (non-hydrogen) atoms. The lowest BCUT2D eigenvalue weighted by Gasteiger charge is -2.65. The van der Waals surface area contributed by atoms with E-state index in [1.54, 1.807) is 24.3 Å². The minimum Gasteiger partial charge on any atom is -0.489 e. The predicted octanol–water partition coefficient (Wildman–Crippen LogP) is 5.08. The number of carbonyl (C=O) groups is 3. The number of hydrogen-bond donors (Lipinski definition) is 1. The van der Waals surface area contributed by atoms with Gasteiger partial charge in [-0.2, -0.15) is 5.26 Å². The van der Waals surface area contributed by atoms with Crippen molar-refractivity contribution in [2.75, 3.05) is 31.1 Å². The van der Waals surface area contributed by atoms with Gasteiger partial charge in [0.1, 0.15) is 29.7 Å². The molecule has 9 rings (SSSR count). The fraction of sp³-hybridized carbons (Fsp3) is 0.444. The Morgan fingerprint density at radius 1 is 0.949 bits per heavy atom. The highest BCUT2D eigenvalue weighted by molar-refractivity contribution is 6.31. The van der Waals surface area contributed by atoms with Crippen LogP contribution >= 0.6 is 11.6 Å². The molecule has 2 saturated carbocycles. The van der Waals surface area contributed by atoms with E-state index in [0.717, 1.165) is 50.4 Å². The molecule has 3 aliphatic heterocycles. The first kappa shape index (κ1) is 38.7. The van der Waals surface area contributed by atoms with Crippen LogP contribution in [0.1, 0.15) is 86.7 Å². The maximum absolute atomic E-state index is 13.8. The SMILES string of the molecule is CC1(C)[C@H](Oc2ccc(C#N)c(Cl)c2)C(C)(C)[C@H]1N1Cc2nc(C#C[C@H]3C[C@H](N4CCN(c5ccc6c(=O)n(C7CCC(=O)NC7=O)cnc6c5)CC4)C3)ccc2C1=O. The molecule has 0 spiro atoms. The molecule has 1 N–H and O–H groups in total. The van der Waals surface area contributed by atoms with E-state index >= 15 is 0 Å². The number of nitrogens with zero attached hydrogens (tertiary/aromatic N) is 7. The molecule has 5 heterocycles. The van der Waals surface area contributed by atoms with Gasteiger partial charge < -0.3 is 14.5 Å². The van der Waals surface area contributed by atoms with E-state index in [0.29, 0.717) is 57.0 Å². The molecule has 1 atom stereocenters. The lowest BCUT2D eigenvalue weighted by Crippen LogP contribution is -2.74. The molecule has 5 aliphatic rings. The van der Waals surface area contributed by atoms with Crippen molar-refractivity contribution in [2.45, 2.75) is 84.2 Å². The summed E-state index contributed by atoms with van der Waals surface area (Å²) in [4.78, 5) is 67.2. The highest BCUT2D eigenvalue weighted by Gasteiger charge is 2.67. The first-order valence-electron chi connectivity index (χ1n) is 20.2. The van der Waals surface area contributed by atoms with Crippen LogP contribution in [0.3, 0.4) is 0 Å². The number of rotatable bonds is 6. The van der Waals surface area contributed by atoms with Gasteiger partial charge in [0, 0.05) is 73.2 Å². The van der Waals surface area contributed by atoms with E-state index in [-0.39, 0.29) is 53.2 Å². The molecule has 13 nitrogen and oxygen atoms in total. The summed E-state index contributed by atoms with van der Waals surface area (Å²) in [7, 11) is 0. The summed E-state index contributed by atoms with van der Waals surface area (Å²) in [5.74, 6) is 6.84. The van der Waals surface area contributed by atoms with Gasteiger partial charge in [-0.3, -0.25) is 34.0 Å². The van der Waals surface area contributed by atoms with Crippen LogP contribution in [0.4, 0.5) is 5.69 Å². The number of fused-ring (bicyclic) bond motifs is 2. The number of hydrogen-bond acceptors (Lipinski definition) is 10. The zero-order valence-electron chi connectivity index (χ0n) is 33.5. The lowest BCUT2D eigenvalue weighted by atomic mass is 9.49. The van der Waals surface area contributed by atoms with E-state index in [1.807, 2.05) is 29.2 Å². The molecular weight excluding hydrogens is 768 g/mol. The zero-order valence-corrected chi connectivity index (χ0v) is 34.3. The molecule has 2 aliphatic carbocycles. The third-order valence-corrected chi connectivity index (χ3v) is 13.5. The Bertz CT molecular complexity index is 2570. The molecule has 0 bridgehead atoms. The van der Waals surface area contributed by atoms with Crippen molar-refractivity contribution in [3.63, 3.8) is 0 Å². The zero-order chi connectivity index (χ0) is 41.4. The second-order valence-electron chi connectivity index (χ2n) is 17.7. The van der Waals surface area contributed by atoms with Crippen molar-refractivity contribution in [2.24, 2.45) is 16.7 Å². The Hall–Kier alpha value is -5.76. The first-order valence-corrected chi connectivity index (χ1v) is 20.6. The second-order valence-corrected chi connectivity index (χ2v) is 18.1.